The van der Waals surface area contributed by atoms with Crippen LogP contribution < -0.4 is 10.9 Å². The summed E-state index contributed by atoms with van der Waals surface area (Å²) in [7, 11) is 0. The summed E-state index contributed by atoms with van der Waals surface area (Å²) in [4.78, 5) is 3.75. The Morgan fingerprint density at radius 2 is 1.83 bits per heavy atom. The zero-order valence-corrected chi connectivity index (χ0v) is 16.5. The van der Waals surface area contributed by atoms with E-state index >= 15 is 0 Å². The maximum Gasteiger partial charge on any atom is 0.416 e. The Hall–Kier alpha value is -3.01. The lowest BCUT2D eigenvalue weighted by Crippen LogP contribution is -2.39. The predicted octanol–water partition coefficient (Wildman–Crippen LogP) is 4.30. The van der Waals surface area contributed by atoms with Gasteiger partial charge in [-0.15, -0.1) is 0 Å². The molecule has 0 bridgehead atoms. The molecule has 0 radical (unpaired) electrons. The molecule has 0 aliphatic heterocycles. The van der Waals surface area contributed by atoms with Crippen LogP contribution in [0.25, 0.3) is 0 Å². The van der Waals surface area contributed by atoms with Gasteiger partial charge in [0.1, 0.15) is 6.54 Å². The molecule has 0 aliphatic carbocycles. The molecule has 7 heteroatoms. The number of hydrogen-bond acceptors (Lipinski definition) is 2. The highest BCUT2D eigenvalue weighted by Gasteiger charge is 2.31. The van der Waals surface area contributed by atoms with Gasteiger partial charge < -0.3 is 4.57 Å². The van der Waals surface area contributed by atoms with E-state index in [1.165, 1.54) is 17.7 Å². The second-order valence-electron chi connectivity index (χ2n) is 6.73. The number of benzene rings is 2. The fourth-order valence-corrected chi connectivity index (χ4v) is 2.90. The summed E-state index contributed by atoms with van der Waals surface area (Å²) in [5.74, 6) is 0. The summed E-state index contributed by atoms with van der Waals surface area (Å²) in [6.07, 6.45) is 2.84. The molecule has 3 nitrogen and oxygen atoms in total. The molecule has 3 aromatic rings. The molecule has 1 aromatic heterocycles. The van der Waals surface area contributed by atoms with Crippen molar-refractivity contribution in [2.75, 3.05) is 0 Å². The fourth-order valence-electron chi connectivity index (χ4n) is 2.90. The third-order valence-electron chi connectivity index (χ3n) is 4.54. The molecule has 2 aromatic carbocycles. The number of nitriles is 1. The average molecular weight is 397 g/mol. The molecule has 0 aliphatic rings. The van der Waals surface area contributed by atoms with Crippen molar-refractivity contribution in [3.05, 3.63) is 78.4 Å². The van der Waals surface area contributed by atoms with E-state index in [0.29, 0.717) is 12.0 Å². The summed E-state index contributed by atoms with van der Waals surface area (Å²) in [6, 6.07) is 15.7. The SMILES string of the molecule is CCCc1ccc(B(C)c2cccc(C(F)(F)F)c2)cc1.N#CCn1ccnc1. The highest BCUT2D eigenvalue weighted by molar-refractivity contribution is 6.84. The second-order valence-corrected chi connectivity index (χ2v) is 6.73. The van der Waals surface area contributed by atoms with Crippen LogP contribution in [0, 0.1) is 11.3 Å². The first-order valence-corrected chi connectivity index (χ1v) is 9.43. The van der Waals surface area contributed by atoms with Crippen molar-refractivity contribution in [2.24, 2.45) is 0 Å². The number of halogens is 3. The number of nitrogens with zero attached hydrogens (tertiary/aromatic N) is 3. The van der Waals surface area contributed by atoms with Gasteiger partial charge in [-0.05, 0) is 12.0 Å². The van der Waals surface area contributed by atoms with Crippen molar-refractivity contribution in [1.29, 1.82) is 5.26 Å². The van der Waals surface area contributed by atoms with Crippen LogP contribution in [0.1, 0.15) is 24.5 Å². The standard InChI is InChI=1S/C17H18BF3.C5H5N3/c1-3-5-13-8-10-15(11-9-13)18(2)16-7-4-6-14(12-16)17(19,20)21;6-1-3-8-4-2-7-5-8/h4,6-12H,3,5H2,1-2H3;2,4-5H,3H2. The second kappa shape index (κ2) is 10.5. The summed E-state index contributed by atoms with van der Waals surface area (Å²) in [6.45, 7) is 4.40. The first-order chi connectivity index (χ1) is 13.8. The summed E-state index contributed by atoms with van der Waals surface area (Å²) >= 11 is 0. The number of imidazole rings is 1. The summed E-state index contributed by atoms with van der Waals surface area (Å²) in [5.41, 5.74) is 2.40. The molecular formula is C22H23BF3N3. The first kappa shape index (κ1) is 22.3. The maximum absolute atomic E-state index is 12.8. The zero-order chi connectivity index (χ0) is 21.3. The highest BCUT2D eigenvalue weighted by atomic mass is 19.4. The topological polar surface area (TPSA) is 41.6 Å². The first-order valence-electron chi connectivity index (χ1n) is 9.43. The molecule has 0 unspecified atom stereocenters. The Morgan fingerprint density at radius 3 is 2.38 bits per heavy atom. The van der Waals surface area contributed by atoms with Crippen LogP contribution in [0.3, 0.4) is 0 Å². The van der Waals surface area contributed by atoms with Gasteiger partial charge in [-0.1, -0.05) is 79.6 Å². The number of hydrogen-bond donors (Lipinski definition) is 0. The molecular weight excluding hydrogens is 374 g/mol. The van der Waals surface area contributed by atoms with Crippen molar-refractivity contribution in [2.45, 2.75) is 39.3 Å². The third kappa shape index (κ3) is 6.83. The number of rotatable bonds is 5. The quantitative estimate of drug-likeness (QED) is 0.603. The van der Waals surface area contributed by atoms with Crippen LogP contribution in [-0.2, 0) is 19.1 Å². The molecule has 1 heterocycles. The van der Waals surface area contributed by atoms with Crippen LogP contribution >= 0.6 is 0 Å². The van der Waals surface area contributed by atoms with Gasteiger partial charge in [0.15, 0.2) is 0 Å². The lowest BCUT2D eigenvalue weighted by molar-refractivity contribution is -0.137. The van der Waals surface area contributed by atoms with Gasteiger partial charge in [0.2, 0.25) is 6.71 Å². The molecule has 3 rings (SSSR count). The molecule has 0 atom stereocenters. The van der Waals surface area contributed by atoms with E-state index in [1.54, 1.807) is 29.4 Å². The summed E-state index contributed by atoms with van der Waals surface area (Å²) < 4.78 is 40.0. The Labute approximate surface area is 169 Å². The lowest BCUT2D eigenvalue weighted by Gasteiger charge is -2.13. The monoisotopic (exact) mass is 397 g/mol. The minimum Gasteiger partial charge on any atom is -0.324 e. The van der Waals surface area contributed by atoms with Gasteiger partial charge in [-0.25, -0.2) is 4.98 Å². The minimum atomic E-state index is -4.29. The average Bonchev–Trinajstić information content (AvgIpc) is 3.22. The van der Waals surface area contributed by atoms with Gasteiger partial charge in [0.05, 0.1) is 18.0 Å². The molecule has 0 N–H and O–H groups in total. The molecule has 0 amide bonds. The zero-order valence-electron chi connectivity index (χ0n) is 16.5. The molecule has 0 saturated carbocycles. The molecule has 0 fully saturated rings. The van der Waals surface area contributed by atoms with Crippen molar-refractivity contribution in [3.8, 4) is 6.07 Å². The molecule has 0 spiro atoms. The van der Waals surface area contributed by atoms with Crippen LogP contribution in [0.15, 0.2) is 67.3 Å². The van der Waals surface area contributed by atoms with Crippen molar-refractivity contribution >= 4 is 17.6 Å². The van der Waals surface area contributed by atoms with Gasteiger partial charge in [-0.2, -0.15) is 18.4 Å². The smallest absolute Gasteiger partial charge is 0.324 e. The normalized spacial score (nSPS) is 10.6. The van der Waals surface area contributed by atoms with Crippen LogP contribution in [0.5, 0.6) is 0 Å². The highest BCUT2D eigenvalue weighted by Crippen LogP contribution is 2.28. The van der Waals surface area contributed by atoms with Gasteiger partial charge in [0, 0.05) is 12.4 Å². The van der Waals surface area contributed by atoms with Gasteiger partial charge in [0.25, 0.3) is 0 Å². The van der Waals surface area contributed by atoms with E-state index < -0.39 is 11.7 Å². The largest absolute Gasteiger partial charge is 0.416 e. The number of alkyl halides is 3. The minimum absolute atomic E-state index is 0.0528. The van der Waals surface area contributed by atoms with Crippen molar-refractivity contribution < 1.29 is 13.2 Å². The van der Waals surface area contributed by atoms with Gasteiger partial charge in [-0.3, -0.25) is 0 Å². The van der Waals surface area contributed by atoms with E-state index in [-0.39, 0.29) is 6.71 Å². The van der Waals surface area contributed by atoms with E-state index in [1.807, 2.05) is 25.0 Å². The number of aryl methyl sites for hydroxylation is 1. The Morgan fingerprint density at radius 1 is 1.10 bits per heavy atom. The van der Waals surface area contributed by atoms with E-state index in [9.17, 15) is 13.2 Å². The van der Waals surface area contributed by atoms with Gasteiger partial charge >= 0.3 is 6.18 Å². The molecule has 0 saturated heterocycles. The van der Waals surface area contributed by atoms with E-state index in [2.05, 4.69) is 24.0 Å². The van der Waals surface area contributed by atoms with E-state index in [4.69, 9.17) is 5.26 Å². The fraction of sp³-hybridized carbons (Fsp3) is 0.273. The van der Waals surface area contributed by atoms with Crippen LogP contribution in [0.2, 0.25) is 6.82 Å². The maximum atomic E-state index is 12.8. The lowest BCUT2D eigenvalue weighted by atomic mass is 9.42. The Balaban J connectivity index is 0.000000313. The molecule has 29 heavy (non-hydrogen) atoms. The summed E-state index contributed by atoms with van der Waals surface area (Å²) in [5, 5.41) is 8.14. The molecule has 150 valence electrons. The third-order valence-corrected chi connectivity index (χ3v) is 4.54. The van der Waals surface area contributed by atoms with Crippen molar-refractivity contribution in [3.63, 3.8) is 0 Å². The Kier molecular flexibility index (Phi) is 8.08. The van der Waals surface area contributed by atoms with Crippen LogP contribution in [0.4, 0.5) is 13.2 Å². The van der Waals surface area contributed by atoms with Crippen molar-refractivity contribution in [1.82, 2.24) is 9.55 Å². The predicted molar refractivity (Wildman–Crippen MR) is 111 cm³/mol. The Bertz CT molecular complexity index is 914. The number of aromatic nitrogens is 2. The van der Waals surface area contributed by atoms with Crippen LogP contribution in [-0.4, -0.2) is 16.3 Å². The van der Waals surface area contributed by atoms with E-state index in [0.717, 1.165) is 24.4 Å².